The van der Waals surface area contributed by atoms with E-state index in [0.717, 1.165) is 78.6 Å². The average molecular weight is 772 g/mol. The van der Waals surface area contributed by atoms with Gasteiger partial charge in [-0.15, -0.1) is 6.58 Å². The van der Waals surface area contributed by atoms with E-state index in [1.54, 1.807) is 0 Å². The van der Waals surface area contributed by atoms with E-state index in [-0.39, 0.29) is 0 Å². The number of unbranched alkanes of at least 4 members (excludes halogenated alkanes) is 1. The fraction of sp³-hybridized carbons (Fsp3) is 0.122. The van der Waals surface area contributed by atoms with Gasteiger partial charge in [0.05, 0.1) is 0 Å². The summed E-state index contributed by atoms with van der Waals surface area (Å²) in [6.07, 6.45) is 18.5. The first-order valence-corrected chi connectivity index (χ1v) is 19.9. The molecular weight excluding hydrogens is 723 g/mol. The Bertz CT molecular complexity index is 2600. The van der Waals surface area contributed by atoms with Crippen LogP contribution in [-0.4, -0.2) is 19.9 Å². The van der Waals surface area contributed by atoms with Crippen molar-refractivity contribution in [1.29, 1.82) is 0 Å². The van der Waals surface area contributed by atoms with Gasteiger partial charge in [0.15, 0.2) is 11.6 Å². The van der Waals surface area contributed by atoms with Crippen LogP contribution in [0.15, 0.2) is 152 Å². The van der Waals surface area contributed by atoms with Gasteiger partial charge in [-0.25, -0.2) is 15.0 Å². The fourth-order valence-corrected chi connectivity index (χ4v) is 6.43. The van der Waals surface area contributed by atoms with Gasteiger partial charge in [0, 0.05) is 50.4 Å². The predicted molar refractivity (Wildman–Crippen MR) is 250 cm³/mol. The maximum atomic E-state index is 4.86. The van der Waals surface area contributed by atoms with E-state index >= 15 is 0 Å². The number of nitrogens with one attached hydrogen (secondary N) is 2. The molecule has 56 heavy (non-hydrogen) atoms. The van der Waals surface area contributed by atoms with Crippen molar-refractivity contribution in [2.24, 2.45) is 0 Å². The molecule has 4 aromatic carbocycles. The molecule has 7 heteroatoms. The molecule has 0 saturated heterocycles. The first kappa shape index (κ1) is 41.3. The van der Waals surface area contributed by atoms with Crippen molar-refractivity contribution in [1.82, 2.24) is 19.9 Å². The van der Waals surface area contributed by atoms with Gasteiger partial charge in [-0.1, -0.05) is 117 Å². The van der Waals surface area contributed by atoms with Crippen LogP contribution >= 0.6 is 25.3 Å². The number of allylic oxidation sites excluding steroid dienone is 7. The molecule has 0 radical (unpaired) electrons. The lowest BCUT2D eigenvalue weighted by Gasteiger charge is -2.11. The van der Waals surface area contributed by atoms with E-state index < -0.39 is 0 Å². The molecule has 7 rings (SSSR count). The number of rotatable bonds is 5. The molecule has 2 aromatic heterocycles. The molecule has 3 heterocycles. The number of fused-ring (bicyclic) bond motifs is 6. The zero-order valence-corrected chi connectivity index (χ0v) is 34.2. The van der Waals surface area contributed by atoms with Crippen LogP contribution in [0, 0.1) is 6.92 Å². The highest BCUT2D eigenvalue weighted by Crippen LogP contribution is 2.31. The quantitative estimate of drug-likeness (QED) is 0.0801. The second kappa shape index (κ2) is 21.3. The van der Waals surface area contributed by atoms with Crippen LogP contribution in [0.25, 0.3) is 66.8 Å². The molecule has 1 aliphatic rings. The molecule has 0 aliphatic carbocycles. The smallest absolute Gasteiger partial charge is 0.163 e. The Morgan fingerprint density at radius 1 is 0.696 bits per heavy atom. The first-order chi connectivity index (χ1) is 27.5. The number of H-pyrrole nitrogens is 1. The van der Waals surface area contributed by atoms with Crippen molar-refractivity contribution < 1.29 is 0 Å². The molecule has 5 nitrogen and oxygen atoms in total. The molecule has 6 aromatic rings. The summed E-state index contributed by atoms with van der Waals surface area (Å²) >= 11 is 9.30. The summed E-state index contributed by atoms with van der Waals surface area (Å²) in [6, 6.07) is 35.2. The number of anilines is 1. The molecule has 0 amide bonds. The molecular formula is C49H49N5S2. The Morgan fingerprint density at radius 3 is 2.18 bits per heavy atom. The van der Waals surface area contributed by atoms with Crippen LogP contribution < -0.4 is 15.8 Å². The van der Waals surface area contributed by atoms with Crippen molar-refractivity contribution in [3.8, 4) is 22.5 Å². The van der Waals surface area contributed by atoms with Crippen LogP contribution in [-0.2, 0) is 0 Å². The molecule has 0 spiro atoms. The maximum Gasteiger partial charge on any atom is 0.163 e. The summed E-state index contributed by atoms with van der Waals surface area (Å²) in [5.74, 6) is 1.88. The van der Waals surface area contributed by atoms with Crippen LogP contribution in [0.5, 0.6) is 0 Å². The van der Waals surface area contributed by atoms with Crippen LogP contribution in [0.2, 0.25) is 0 Å². The second-order valence-corrected chi connectivity index (χ2v) is 13.1. The van der Waals surface area contributed by atoms with Gasteiger partial charge in [0.2, 0.25) is 0 Å². The van der Waals surface area contributed by atoms with Gasteiger partial charge >= 0.3 is 0 Å². The van der Waals surface area contributed by atoms with E-state index in [9.17, 15) is 0 Å². The van der Waals surface area contributed by atoms with E-state index in [1.807, 2.05) is 111 Å². The van der Waals surface area contributed by atoms with Gasteiger partial charge in [-0.3, -0.25) is 0 Å². The zero-order valence-electron chi connectivity index (χ0n) is 32.4. The third-order valence-electron chi connectivity index (χ3n) is 8.72. The van der Waals surface area contributed by atoms with Crippen molar-refractivity contribution in [2.45, 2.75) is 40.5 Å². The largest absolute Gasteiger partial charge is 0.361 e. The summed E-state index contributed by atoms with van der Waals surface area (Å²) in [5.41, 5.74) is 7.86. The molecule has 0 bridgehead atoms. The summed E-state index contributed by atoms with van der Waals surface area (Å²) < 4.78 is 0. The Balaban J connectivity index is 0.000000603. The summed E-state index contributed by atoms with van der Waals surface area (Å²) in [4.78, 5) is 17.8. The Hall–Kier alpha value is -5.89. The van der Waals surface area contributed by atoms with E-state index in [0.29, 0.717) is 17.5 Å². The van der Waals surface area contributed by atoms with Gasteiger partial charge in [-0.2, -0.15) is 25.3 Å². The average Bonchev–Trinajstić information content (AvgIpc) is 3.57. The second-order valence-electron chi connectivity index (χ2n) is 12.5. The minimum absolute atomic E-state index is 0.591. The number of hydrogen-bond donors (Lipinski definition) is 4. The number of para-hydroxylation sites is 2. The van der Waals surface area contributed by atoms with Gasteiger partial charge in [0.25, 0.3) is 0 Å². The van der Waals surface area contributed by atoms with Crippen LogP contribution in [0.4, 0.5) is 5.69 Å². The molecule has 1 aliphatic heterocycles. The van der Waals surface area contributed by atoms with Gasteiger partial charge in [-0.05, 0) is 102 Å². The molecule has 0 unspecified atom stereocenters. The molecule has 0 fully saturated rings. The first-order valence-electron chi connectivity index (χ1n) is 18.9. The number of aromatic amines is 1. The van der Waals surface area contributed by atoms with Crippen LogP contribution in [0.1, 0.15) is 50.8 Å². The summed E-state index contributed by atoms with van der Waals surface area (Å²) in [6.45, 7) is 11.5. The topological polar surface area (TPSA) is 66.5 Å². The SMILES string of the molecule is C=CCC/C=C\C.CC.Cc1nc(C2=C/C=C\c3c/c(=C\S)cc4c(c/c(=C\S)cc3-c3ccccc3N\C=C\2)[nH]c2ccccc24)nc(-c2ccccc2)n1. The van der Waals surface area contributed by atoms with Gasteiger partial charge in [0.1, 0.15) is 5.82 Å². The van der Waals surface area contributed by atoms with Crippen molar-refractivity contribution in [2.75, 3.05) is 5.32 Å². The van der Waals surface area contributed by atoms with E-state index in [2.05, 4.69) is 126 Å². The number of benzene rings is 3. The lowest BCUT2D eigenvalue weighted by Crippen LogP contribution is -2.02. The zero-order chi connectivity index (χ0) is 39.7. The minimum Gasteiger partial charge on any atom is -0.361 e. The number of thiol groups is 2. The van der Waals surface area contributed by atoms with E-state index in [1.165, 1.54) is 0 Å². The van der Waals surface area contributed by atoms with E-state index in [4.69, 9.17) is 9.97 Å². The monoisotopic (exact) mass is 771 g/mol. The number of aromatic nitrogens is 4. The standard InChI is InChI=1S/C40H31N5S2.C7H12.C2H6/c1-26-42-39(29-10-3-2-4-11-29)45-40(43-26)30-12-9-13-31-20-27(24-46)22-35-33-15-6-8-17-37(33)44-38(35)23-28(25-47)21-34(31)32-14-5-7-16-36(32)41-19-18-30;1-3-5-7-6-4-2;1-2/h2-25,41,44,46-47H,1H3;3-4,6H,1,5,7H2,2H3;1-2H3/b13-9-,19-18+,27-24+,28-25-,30-12+,31-20?,34-21?,35-22?,38-23?;6-4-;. The molecule has 282 valence electrons. The predicted octanol–water partition coefficient (Wildman–Crippen LogP) is 12.2. The van der Waals surface area contributed by atoms with Crippen molar-refractivity contribution in [3.63, 3.8) is 0 Å². The highest BCUT2D eigenvalue weighted by molar-refractivity contribution is 7.88. The van der Waals surface area contributed by atoms with Crippen molar-refractivity contribution in [3.05, 3.63) is 180 Å². The number of hydrogen-bond acceptors (Lipinski definition) is 6. The minimum atomic E-state index is 0.591. The summed E-state index contributed by atoms with van der Waals surface area (Å²) in [7, 11) is 0. The van der Waals surface area contributed by atoms with Crippen molar-refractivity contribution >= 4 is 75.2 Å². The number of nitrogens with zero attached hydrogens (tertiary/aromatic N) is 3. The van der Waals surface area contributed by atoms with Gasteiger partial charge < -0.3 is 10.3 Å². The third-order valence-corrected chi connectivity index (χ3v) is 9.32. The lowest BCUT2D eigenvalue weighted by atomic mass is 9.98. The Kier molecular flexibility index (Phi) is 15.7. The molecule has 0 saturated carbocycles. The fourth-order valence-electron chi connectivity index (χ4n) is 6.13. The lowest BCUT2D eigenvalue weighted by molar-refractivity contribution is 0.962. The third kappa shape index (κ3) is 10.7. The Morgan fingerprint density at radius 2 is 1.41 bits per heavy atom. The normalized spacial score (nSPS) is 14.6. The maximum absolute atomic E-state index is 4.86. The number of aryl methyl sites for hydroxylation is 1. The highest BCUT2D eigenvalue weighted by Gasteiger charge is 2.11. The Labute approximate surface area is 341 Å². The molecule has 0 atom stereocenters. The summed E-state index contributed by atoms with van der Waals surface area (Å²) in [5, 5.41) is 11.4. The molecule has 2 N–H and O–H groups in total. The highest BCUT2D eigenvalue weighted by atomic mass is 32.1. The van der Waals surface area contributed by atoms with Crippen LogP contribution in [0.3, 0.4) is 0 Å².